The third-order valence-corrected chi connectivity index (χ3v) is 4.11. The number of guanidine groups is 1. The number of ether oxygens (including phenoxy) is 1. The number of halogens is 1. The monoisotopic (exact) mass is 490 g/mol. The van der Waals surface area contributed by atoms with Crippen LogP contribution in [0, 0.1) is 0 Å². The van der Waals surface area contributed by atoms with Crippen molar-refractivity contribution < 1.29 is 13.9 Å². The number of aliphatic imine (C=N–C) groups is 1. The largest absolute Gasteiger partial charge is 0.469 e. The summed E-state index contributed by atoms with van der Waals surface area (Å²) >= 11 is 0. The zero-order valence-corrected chi connectivity index (χ0v) is 18.5. The molecule has 0 spiro atoms. The standard InChI is InChI=1S/C19H30N4O3.HI/c1-4-25-19(24)23-11-8-16(9-12-23)22-18(21-14-15(2)3)20-10-7-17-6-5-13-26-17;/h5-6,13,16H,2,4,7-12,14H2,1,3H3,(H2,20,21,22);1H. The molecule has 0 aromatic carbocycles. The van der Waals surface area contributed by atoms with E-state index in [1.54, 1.807) is 11.2 Å². The van der Waals surface area contributed by atoms with Crippen molar-refractivity contribution in [3.05, 3.63) is 36.3 Å². The predicted octanol–water partition coefficient (Wildman–Crippen LogP) is 3.17. The zero-order chi connectivity index (χ0) is 18.8. The van der Waals surface area contributed by atoms with Gasteiger partial charge in [-0.1, -0.05) is 12.2 Å². The molecule has 0 bridgehead atoms. The molecule has 0 saturated carbocycles. The van der Waals surface area contributed by atoms with Gasteiger partial charge in [0.1, 0.15) is 5.76 Å². The van der Waals surface area contributed by atoms with Crippen molar-refractivity contribution in [2.24, 2.45) is 4.99 Å². The van der Waals surface area contributed by atoms with Crippen molar-refractivity contribution in [1.29, 1.82) is 0 Å². The first-order chi connectivity index (χ1) is 12.6. The smallest absolute Gasteiger partial charge is 0.409 e. The Labute approximate surface area is 178 Å². The van der Waals surface area contributed by atoms with Crippen molar-refractivity contribution in [2.45, 2.75) is 39.2 Å². The molecule has 1 fully saturated rings. The highest BCUT2D eigenvalue weighted by Gasteiger charge is 2.24. The summed E-state index contributed by atoms with van der Waals surface area (Å²) in [5.74, 6) is 1.72. The van der Waals surface area contributed by atoms with Crippen molar-refractivity contribution in [2.75, 3.05) is 32.8 Å². The van der Waals surface area contributed by atoms with Gasteiger partial charge >= 0.3 is 6.09 Å². The third-order valence-electron chi connectivity index (χ3n) is 4.11. The van der Waals surface area contributed by atoms with Crippen molar-refractivity contribution in [3.63, 3.8) is 0 Å². The van der Waals surface area contributed by atoms with Gasteiger partial charge in [0.05, 0.1) is 19.4 Å². The summed E-state index contributed by atoms with van der Waals surface area (Å²) in [4.78, 5) is 18.1. The maximum Gasteiger partial charge on any atom is 0.409 e. The zero-order valence-electron chi connectivity index (χ0n) is 16.2. The molecule has 1 amide bonds. The van der Waals surface area contributed by atoms with Crippen LogP contribution in [0.15, 0.2) is 40.0 Å². The van der Waals surface area contributed by atoms with Gasteiger partial charge in [-0.2, -0.15) is 0 Å². The number of rotatable bonds is 7. The van der Waals surface area contributed by atoms with Crippen molar-refractivity contribution in [3.8, 4) is 0 Å². The molecular formula is C19H31IN4O3. The molecular weight excluding hydrogens is 459 g/mol. The van der Waals surface area contributed by atoms with Gasteiger partial charge in [0, 0.05) is 32.1 Å². The second-order valence-corrected chi connectivity index (χ2v) is 6.48. The van der Waals surface area contributed by atoms with Crippen LogP contribution in [-0.2, 0) is 11.2 Å². The first-order valence-corrected chi connectivity index (χ1v) is 9.21. The second-order valence-electron chi connectivity index (χ2n) is 6.48. The van der Waals surface area contributed by atoms with Gasteiger partial charge < -0.3 is 24.7 Å². The van der Waals surface area contributed by atoms with E-state index in [4.69, 9.17) is 9.15 Å². The molecule has 8 heteroatoms. The van der Waals surface area contributed by atoms with Crippen LogP contribution in [0.1, 0.15) is 32.4 Å². The number of piperidine rings is 1. The molecule has 2 N–H and O–H groups in total. The number of carbonyl (C=O) groups excluding carboxylic acids is 1. The lowest BCUT2D eigenvalue weighted by molar-refractivity contribution is 0.0963. The Kier molecular flexibility index (Phi) is 10.9. The van der Waals surface area contributed by atoms with E-state index in [1.165, 1.54) is 0 Å². The number of likely N-dealkylation sites (tertiary alicyclic amines) is 1. The first kappa shape index (κ1) is 23.3. The highest BCUT2D eigenvalue weighted by molar-refractivity contribution is 14.0. The SMILES string of the molecule is C=C(C)CN=C(NCCc1ccco1)NC1CCN(C(=O)OCC)CC1.I. The van der Waals surface area contributed by atoms with Crippen LogP contribution in [0.4, 0.5) is 4.79 Å². The Balaban J connectivity index is 0.00000364. The van der Waals surface area contributed by atoms with Crippen LogP contribution in [-0.4, -0.2) is 55.8 Å². The first-order valence-electron chi connectivity index (χ1n) is 9.21. The lowest BCUT2D eigenvalue weighted by Gasteiger charge is -2.32. The predicted molar refractivity (Wildman–Crippen MR) is 118 cm³/mol. The van der Waals surface area contributed by atoms with Crippen LogP contribution in [0.2, 0.25) is 0 Å². The Bertz CT molecular complexity index is 596. The minimum atomic E-state index is -0.223. The molecule has 1 aromatic rings. The van der Waals surface area contributed by atoms with E-state index in [1.807, 2.05) is 26.0 Å². The van der Waals surface area contributed by atoms with E-state index < -0.39 is 0 Å². The summed E-state index contributed by atoms with van der Waals surface area (Å²) in [5.41, 5.74) is 1.01. The molecule has 1 aromatic heterocycles. The molecule has 0 unspecified atom stereocenters. The Morgan fingerprint density at radius 1 is 1.44 bits per heavy atom. The summed E-state index contributed by atoms with van der Waals surface area (Å²) in [7, 11) is 0. The molecule has 1 saturated heterocycles. The average molecular weight is 490 g/mol. The fraction of sp³-hybridized carbons (Fsp3) is 0.579. The molecule has 1 aliphatic heterocycles. The van der Waals surface area contributed by atoms with Gasteiger partial charge in [0.25, 0.3) is 0 Å². The highest BCUT2D eigenvalue weighted by Crippen LogP contribution is 2.11. The maximum atomic E-state index is 11.8. The lowest BCUT2D eigenvalue weighted by Crippen LogP contribution is -2.50. The van der Waals surface area contributed by atoms with Gasteiger partial charge in [-0.05, 0) is 38.8 Å². The molecule has 27 heavy (non-hydrogen) atoms. The third kappa shape index (κ3) is 8.68. The van der Waals surface area contributed by atoms with Crippen LogP contribution in [0.25, 0.3) is 0 Å². The average Bonchev–Trinajstić information content (AvgIpc) is 3.13. The second kappa shape index (κ2) is 12.6. The molecule has 152 valence electrons. The summed E-state index contributed by atoms with van der Waals surface area (Å²) in [6.45, 7) is 10.8. The van der Waals surface area contributed by atoms with E-state index >= 15 is 0 Å². The Morgan fingerprint density at radius 3 is 2.78 bits per heavy atom. The number of nitrogens with zero attached hydrogens (tertiary/aromatic N) is 2. The summed E-state index contributed by atoms with van der Waals surface area (Å²) in [6, 6.07) is 4.13. The number of nitrogens with one attached hydrogen (secondary N) is 2. The quantitative estimate of drug-likeness (QED) is 0.266. The number of furan rings is 1. The fourth-order valence-corrected chi connectivity index (χ4v) is 2.74. The summed E-state index contributed by atoms with van der Waals surface area (Å²) in [6.07, 6.45) is 3.98. The lowest BCUT2D eigenvalue weighted by atomic mass is 10.1. The molecule has 2 heterocycles. The summed E-state index contributed by atoms with van der Waals surface area (Å²) in [5, 5.41) is 6.82. The molecule has 0 atom stereocenters. The normalized spacial score (nSPS) is 15.0. The van der Waals surface area contributed by atoms with E-state index in [0.717, 1.165) is 43.1 Å². The van der Waals surface area contributed by atoms with Crippen LogP contribution in [0.5, 0.6) is 0 Å². The molecule has 0 aliphatic carbocycles. The van der Waals surface area contributed by atoms with Crippen LogP contribution >= 0.6 is 24.0 Å². The number of amides is 1. The minimum Gasteiger partial charge on any atom is -0.469 e. The van der Waals surface area contributed by atoms with E-state index in [0.29, 0.717) is 26.2 Å². The van der Waals surface area contributed by atoms with Gasteiger partial charge in [0.15, 0.2) is 5.96 Å². The summed E-state index contributed by atoms with van der Waals surface area (Å²) < 4.78 is 10.4. The van der Waals surface area contributed by atoms with Crippen LogP contribution in [0.3, 0.4) is 0 Å². The number of hydrogen-bond donors (Lipinski definition) is 2. The number of carbonyl (C=O) groups is 1. The van der Waals surface area contributed by atoms with Crippen molar-refractivity contribution in [1.82, 2.24) is 15.5 Å². The molecule has 1 aliphatic rings. The number of hydrogen-bond acceptors (Lipinski definition) is 4. The topological polar surface area (TPSA) is 79.1 Å². The van der Waals surface area contributed by atoms with Gasteiger partial charge in [-0.3, -0.25) is 0 Å². The van der Waals surface area contributed by atoms with E-state index in [9.17, 15) is 4.79 Å². The maximum absolute atomic E-state index is 11.8. The van der Waals surface area contributed by atoms with Gasteiger partial charge in [-0.25, -0.2) is 9.79 Å². The Hall–Kier alpha value is -1.71. The molecule has 0 radical (unpaired) electrons. The molecule has 7 nitrogen and oxygen atoms in total. The fourth-order valence-electron chi connectivity index (χ4n) is 2.74. The minimum absolute atomic E-state index is 0. The van der Waals surface area contributed by atoms with E-state index in [-0.39, 0.29) is 36.1 Å². The molecule has 2 rings (SSSR count). The van der Waals surface area contributed by atoms with Crippen LogP contribution < -0.4 is 10.6 Å². The van der Waals surface area contributed by atoms with Gasteiger partial charge in [-0.15, -0.1) is 24.0 Å². The Morgan fingerprint density at radius 2 is 2.19 bits per heavy atom. The highest BCUT2D eigenvalue weighted by atomic mass is 127. The van der Waals surface area contributed by atoms with E-state index in [2.05, 4.69) is 22.2 Å². The van der Waals surface area contributed by atoms with Crippen molar-refractivity contribution >= 4 is 36.0 Å². The van der Waals surface area contributed by atoms with Gasteiger partial charge in [0.2, 0.25) is 0 Å².